The minimum absolute atomic E-state index is 0.0325. The van der Waals surface area contributed by atoms with Gasteiger partial charge in [0.25, 0.3) is 0 Å². The molecule has 0 bridgehead atoms. The van der Waals surface area contributed by atoms with Crippen molar-refractivity contribution in [2.24, 2.45) is 0 Å². The molecule has 0 atom stereocenters. The highest BCUT2D eigenvalue weighted by molar-refractivity contribution is 9.10. The fourth-order valence-electron chi connectivity index (χ4n) is 1.80. The number of nitrogens with zero attached hydrogens (tertiary/aromatic N) is 1. The van der Waals surface area contributed by atoms with Crippen LogP contribution in [0.2, 0.25) is 0 Å². The molecule has 0 aliphatic carbocycles. The Hall–Kier alpha value is -1.10. The van der Waals surface area contributed by atoms with Gasteiger partial charge in [0.05, 0.1) is 4.47 Å². The van der Waals surface area contributed by atoms with Crippen LogP contribution >= 0.6 is 15.9 Å². The molecule has 5 heteroatoms. The predicted octanol–water partition coefficient (Wildman–Crippen LogP) is 3.57. The van der Waals surface area contributed by atoms with Crippen LogP contribution in [0.1, 0.15) is 19.3 Å². The molecule has 0 saturated carbocycles. The Morgan fingerprint density at radius 3 is 2.71 bits per heavy atom. The summed E-state index contributed by atoms with van der Waals surface area (Å²) in [5, 5.41) is 0. The summed E-state index contributed by atoms with van der Waals surface area (Å²) >= 11 is 3.05. The standard InChI is InChI=1S/C12H13BrFNO2/c13-9-5-4-6-10(11(9)14)17-12(16)15-7-2-1-3-8-15/h4-6H,1-3,7-8H2. The second-order valence-corrected chi connectivity index (χ2v) is 4.82. The zero-order valence-electron chi connectivity index (χ0n) is 9.29. The number of hydrogen-bond acceptors (Lipinski definition) is 2. The summed E-state index contributed by atoms with van der Waals surface area (Å²) in [5.74, 6) is -0.576. The summed E-state index contributed by atoms with van der Waals surface area (Å²) in [4.78, 5) is 13.4. The summed E-state index contributed by atoms with van der Waals surface area (Å²) in [6.07, 6.45) is 2.63. The predicted molar refractivity (Wildman–Crippen MR) is 65.5 cm³/mol. The Labute approximate surface area is 108 Å². The molecule has 17 heavy (non-hydrogen) atoms. The highest BCUT2D eigenvalue weighted by Crippen LogP contribution is 2.25. The number of hydrogen-bond donors (Lipinski definition) is 0. The molecule has 0 radical (unpaired) electrons. The molecule has 2 rings (SSSR count). The second kappa shape index (κ2) is 5.49. The van der Waals surface area contributed by atoms with Crippen molar-refractivity contribution >= 4 is 22.0 Å². The Morgan fingerprint density at radius 2 is 2.00 bits per heavy atom. The third kappa shape index (κ3) is 2.97. The van der Waals surface area contributed by atoms with Gasteiger partial charge in [-0.1, -0.05) is 6.07 Å². The SMILES string of the molecule is O=C(Oc1cccc(Br)c1F)N1CCCCC1. The fourth-order valence-corrected chi connectivity index (χ4v) is 2.15. The van der Waals surface area contributed by atoms with Gasteiger partial charge in [-0.05, 0) is 47.3 Å². The zero-order chi connectivity index (χ0) is 12.3. The summed E-state index contributed by atoms with van der Waals surface area (Å²) in [5.41, 5.74) is 0. The minimum atomic E-state index is -0.544. The van der Waals surface area contributed by atoms with Crippen molar-refractivity contribution in [1.29, 1.82) is 0 Å². The van der Waals surface area contributed by atoms with Gasteiger partial charge in [-0.15, -0.1) is 0 Å². The van der Waals surface area contributed by atoms with Gasteiger partial charge in [-0.2, -0.15) is 0 Å². The van der Waals surface area contributed by atoms with E-state index in [-0.39, 0.29) is 5.75 Å². The topological polar surface area (TPSA) is 29.5 Å². The summed E-state index contributed by atoms with van der Waals surface area (Å²) in [6.45, 7) is 1.38. The highest BCUT2D eigenvalue weighted by Gasteiger charge is 2.20. The average molecular weight is 302 g/mol. The monoisotopic (exact) mass is 301 g/mol. The molecule has 0 aromatic heterocycles. The molecule has 1 aliphatic rings. The number of carbonyl (C=O) groups is 1. The van der Waals surface area contributed by atoms with Crippen LogP contribution in [0, 0.1) is 5.82 Å². The van der Waals surface area contributed by atoms with Gasteiger partial charge in [0.1, 0.15) is 0 Å². The van der Waals surface area contributed by atoms with Gasteiger partial charge in [0.15, 0.2) is 11.6 Å². The molecular weight excluding hydrogens is 289 g/mol. The number of likely N-dealkylation sites (tertiary alicyclic amines) is 1. The van der Waals surface area contributed by atoms with Crippen molar-refractivity contribution in [2.45, 2.75) is 19.3 Å². The molecule has 92 valence electrons. The van der Waals surface area contributed by atoms with Crippen LogP contribution in [-0.4, -0.2) is 24.1 Å². The normalized spacial score (nSPS) is 15.8. The first-order valence-corrected chi connectivity index (χ1v) is 6.38. The Morgan fingerprint density at radius 1 is 1.29 bits per heavy atom. The molecule has 1 saturated heterocycles. The van der Waals surface area contributed by atoms with Crippen LogP contribution in [0.15, 0.2) is 22.7 Å². The maximum absolute atomic E-state index is 13.6. The van der Waals surface area contributed by atoms with E-state index in [1.54, 1.807) is 17.0 Å². The van der Waals surface area contributed by atoms with Gasteiger partial charge < -0.3 is 9.64 Å². The lowest BCUT2D eigenvalue weighted by atomic mass is 10.1. The Balaban J connectivity index is 2.04. The van der Waals surface area contributed by atoms with Gasteiger partial charge in [0, 0.05) is 13.1 Å². The number of ether oxygens (including phenoxy) is 1. The highest BCUT2D eigenvalue weighted by atomic mass is 79.9. The van der Waals surface area contributed by atoms with Gasteiger partial charge in [-0.25, -0.2) is 9.18 Å². The molecule has 3 nitrogen and oxygen atoms in total. The lowest BCUT2D eigenvalue weighted by molar-refractivity contribution is 0.141. The molecule has 0 N–H and O–H groups in total. The van der Waals surface area contributed by atoms with Gasteiger partial charge in [-0.3, -0.25) is 0 Å². The number of rotatable bonds is 1. The summed E-state index contributed by atoms with van der Waals surface area (Å²) in [6, 6.07) is 4.64. The van der Waals surface area contributed by atoms with E-state index in [0.29, 0.717) is 17.6 Å². The average Bonchev–Trinajstić information content (AvgIpc) is 2.36. The van der Waals surface area contributed by atoms with E-state index in [4.69, 9.17) is 4.74 Å². The number of carbonyl (C=O) groups excluding carboxylic acids is 1. The van der Waals surface area contributed by atoms with E-state index in [2.05, 4.69) is 15.9 Å². The molecule has 1 heterocycles. The van der Waals surface area contributed by atoms with E-state index in [1.165, 1.54) is 6.07 Å². The van der Waals surface area contributed by atoms with Crippen molar-refractivity contribution in [1.82, 2.24) is 4.90 Å². The van der Waals surface area contributed by atoms with Crippen molar-refractivity contribution < 1.29 is 13.9 Å². The van der Waals surface area contributed by atoms with Crippen LogP contribution in [0.4, 0.5) is 9.18 Å². The van der Waals surface area contributed by atoms with Gasteiger partial charge in [0.2, 0.25) is 0 Å². The smallest absolute Gasteiger partial charge is 0.407 e. The first-order chi connectivity index (χ1) is 8.18. The van der Waals surface area contributed by atoms with Crippen molar-refractivity contribution in [3.63, 3.8) is 0 Å². The molecule has 1 amide bonds. The van der Waals surface area contributed by atoms with Crippen LogP contribution in [0.5, 0.6) is 5.75 Å². The van der Waals surface area contributed by atoms with Crippen LogP contribution in [-0.2, 0) is 0 Å². The molecule has 0 unspecified atom stereocenters. The third-order valence-electron chi connectivity index (χ3n) is 2.73. The third-order valence-corrected chi connectivity index (χ3v) is 3.34. The lowest BCUT2D eigenvalue weighted by Crippen LogP contribution is -2.37. The summed E-state index contributed by atoms with van der Waals surface area (Å²) < 4.78 is 18.9. The molecule has 1 aliphatic heterocycles. The van der Waals surface area contributed by atoms with Crippen LogP contribution in [0.3, 0.4) is 0 Å². The van der Waals surface area contributed by atoms with Crippen molar-refractivity contribution in [3.05, 3.63) is 28.5 Å². The number of piperidine rings is 1. The van der Waals surface area contributed by atoms with Crippen LogP contribution < -0.4 is 4.74 Å². The van der Waals surface area contributed by atoms with E-state index >= 15 is 0 Å². The minimum Gasteiger partial charge on any atom is -0.407 e. The quantitative estimate of drug-likeness (QED) is 0.793. The number of halogens is 2. The number of amides is 1. The molecule has 1 fully saturated rings. The largest absolute Gasteiger partial charge is 0.415 e. The second-order valence-electron chi connectivity index (χ2n) is 3.97. The Kier molecular flexibility index (Phi) is 3.99. The van der Waals surface area contributed by atoms with Crippen LogP contribution in [0.25, 0.3) is 0 Å². The first kappa shape index (κ1) is 12.4. The Bertz CT molecular complexity index is 419. The molecular formula is C12H13BrFNO2. The molecule has 1 aromatic carbocycles. The molecule has 0 spiro atoms. The fraction of sp³-hybridized carbons (Fsp3) is 0.417. The molecule has 1 aromatic rings. The van der Waals surface area contributed by atoms with E-state index in [9.17, 15) is 9.18 Å². The van der Waals surface area contributed by atoms with E-state index in [1.807, 2.05) is 0 Å². The lowest BCUT2D eigenvalue weighted by Gasteiger charge is -2.25. The summed E-state index contributed by atoms with van der Waals surface area (Å²) in [7, 11) is 0. The zero-order valence-corrected chi connectivity index (χ0v) is 10.9. The maximum Gasteiger partial charge on any atom is 0.415 e. The van der Waals surface area contributed by atoms with E-state index in [0.717, 1.165) is 19.3 Å². The van der Waals surface area contributed by atoms with Crippen molar-refractivity contribution in [2.75, 3.05) is 13.1 Å². The maximum atomic E-state index is 13.6. The first-order valence-electron chi connectivity index (χ1n) is 5.59. The van der Waals surface area contributed by atoms with E-state index < -0.39 is 11.9 Å². The number of benzene rings is 1. The van der Waals surface area contributed by atoms with Gasteiger partial charge >= 0.3 is 6.09 Å². The van der Waals surface area contributed by atoms with Crippen molar-refractivity contribution in [3.8, 4) is 5.75 Å².